The van der Waals surface area contributed by atoms with Crippen molar-refractivity contribution < 1.29 is 23.7 Å². The molecule has 0 aromatic heterocycles. The number of ether oxygens (including phenoxy) is 4. The standard InChI is InChI=1S/C22H25NO5/c1-22(2)27-19-18(14-23(24)13-16-9-5-3-6-10-16)26-21(20(19)28-22)25-15-17-11-7-4-8-12-17/h3-13,18-21H,14-15H2,1-2H3/b23-13-/t18-,19+,20+,21+/m1/s1. The average molecular weight is 383 g/mol. The van der Waals surface area contributed by atoms with E-state index in [1.807, 2.05) is 74.5 Å². The van der Waals surface area contributed by atoms with Gasteiger partial charge in [0.05, 0.1) is 6.61 Å². The predicted molar refractivity (Wildman–Crippen MR) is 104 cm³/mol. The van der Waals surface area contributed by atoms with Gasteiger partial charge in [0.15, 0.2) is 24.8 Å². The Morgan fingerprint density at radius 1 is 1.00 bits per heavy atom. The lowest BCUT2D eigenvalue weighted by atomic mass is 10.1. The lowest BCUT2D eigenvalue weighted by Crippen LogP contribution is -2.35. The second-order valence-corrected chi connectivity index (χ2v) is 7.54. The van der Waals surface area contributed by atoms with Crippen LogP contribution in [-0.2, 0) is 25.6 Å². The van der Waals surface area contributed by atoms with Crippen LogP contribution in [0.3, 0.4) is 0 Å². The highest BCUT2D eigenvalue weighted by Crippen LogP contribution is 2.39. The highest BCUT2D eigenvalue weighted by atomic mass is 16.8. The minimum Gasteiger partial charge on any atom is -0.624 e. The largest absolute Gasteiger partial charge is 0.624 e. The van der Waals surface area contributed by atoms with Crippen LogP contribution in [0.5, 0.6) is 0 Å². The van der Waals surface area contributed by atoms with Crippen molar-refractivity contribution in [2.75, 3.05) is 6.54 Å². The fourth-order valence-electron chi connectivity index (χ4n) is 3.61. The normalized spacial score (nSPS) is 29.0. The maximum atomic E-state index is 12.4. The fourth-order valence-corrected chi connectivity index (χ4v) is 3.61. The molecule has 0 N–H and O–H groups in total. The smallest absolute Gasteiger partial charge is 0.187 e. The summed E-state index contributed by atoms with van der Waals surface area (Å²) in [7, 11) is 0. The van der Waals surface area contributed by atoms with Crippen molar-refractivity contribution in [3.63, 3.8) is 0 Å². The van der Waals surface area contributed by atoms with Gasteiger partial charge in [-0.25, -0.2) is 4.74 Å². The third kappa shape index (κ3) is 4.42. The molecule has 28 heavy (non-hydrogen) atoms. The van der Waals surface area contributed by atoms with Crippen LogP contribution in [0, 0.1) is 5.21 Å². The lowest BCUT2D eigenvalue weighted by molar-refractivity contribution is -0.468. The molecule has 0 aliphatic carbocycles. The minimum atomic E-state index is -0.734. The maximum Gasteiger partial charge on any atom is 0.187 e. The molecule has 0 bridgehead atoms. The van der Waals surface area contributed by atoms with Crippen LogP contribution in [0.4, 0.5) is 0 Å². The zero-order chi connectivity index (χ0) is 19.6. The van der Waals surface area contributed by atoms with Gasteiger partial charge in [0.1, 0.15) is 18.3 Å². The average Bonchev–Trinajstić information content (AvgIpc) is 3.15. The highest BCUT2D eigenvalue weighted by molar-refractivity contribution is 5.75. The minimum absolute atomic E-state index is 0.140. The Hall–Kier alpha value is -2.25. The molecule has 2 heterocycles. The molecule has 2 fully saturated rings. The first kappa shape index (κ1) is 19.1. The Morgan fingerprint density at radius 2 is 1.64 bits per heavy atom. The second-order valence-electron chi connectivity index (χ2n) is 7.54. The van der Waals surface area contributed by atoms with Crippen molar-refractivity contribution in [2.24, 2.45) is 0 Å². The molecule has 0 saturated carbocycles. The van der Waals surface area contributed by atoms with Gasteiger partial charge in [-0.2, -0.15) is 0 Å². The topological polar surface area (TPSA) is 63.0 Å². The summed E-state index contributed by atoms with van der Waals surface area (Å²) in [5, 5.41) is 12.4. The Bertz CT molecular complexity index is 808. The molecule has 0 unspecified atom stereocenters. The van der Waals surface area contributed by atoms with Gasteiger partial charge >= 0.3 is 0 Å². The van der Waals surface area contributed by atoms with Crippen LogP contribution < -0.4 is 0 Å². The SMILES string of the molecule is CC1(C)O[C@@H]2[C@@H](OCc3ccccc3)O[C@H](C/[N+]([O-])=C/c3ccccc3)[C@@H]2O1. The molecule has 2 aliphatic heterocycles. The van der Waals surface area contributed by atoms with Crippen molar-refractivity contribution in [1.82, 2.24) is 0 Å². The van der Waals surface area contributed by atoms with Gasteiger partial charge in [0, 0.05) is 5.56 Å². The monoisotopic (exact) mass is 383 g/mol. The summed E-state index contributed by atoms with van der Waals surface area (Å²) in [5.74, 6) is -0.734. The lowest BCUT2D eigenvalue weighted by Gasteiger charge is -2.23. The van der Waals surface area contributed by atoms with Gasteiger partial charge in [0.25, 0.3) is 0 Å². The van der Waals surface area contributed by atoms with Crippen LogP contribution in [-0.4, -0.2) is 47.9 Å². The molecule has 4 rings (SSSR count). The molecule has 6 nitrogen and oxygen atoms in total. The number of hydrogen-bond donors (Lipinski definition) is 0. The van der Waals surface area contributed by atoms with Gasteiger partial charge in [0.2, 0.25) is 0 Å². The molecule has 4 atom stereocenters. The molecular weight excluding hydrogens is 358 g/mol. The second kappa shape index (κ2) is 8.01. The van der Waals surface area contributed by atoms with Gasteiger partial charge in [-0.15, -0.1) is 0 Å². The van der Waals surface area contributed by atoms with Gasteiger partial charge in [-0.3, -0.25) is 0 Å². The quantitative estimate of drug-likeness (QED) is 0.332. The number of hydroxylamine groups is 1. The first-order valence-electron chi connectivity index (χ1n) is 9.50. The number of rotatable bonds is 6. The van der Waals surface area contributed by atoms with Crippen LogP contribution >= 0.6 is 0 Å². The highest BCUT2D eigenvalue weighted by Gasteiger charge is 2.56. The molecule has 0 spiro atoms. The van der Waals surface area contributed by atoms with E-state index < -0.39 is 18.2 Å². The number of hydrogen-bond acceptors (Lipinski definition) is 5. The zero-order valence-corrected chi connectivity index (χ0v) is 16.1. The van der Waals surface area contributed by atoms with Gasteiger partial charge in [-0.1, -0.05) is 48.5 Å². The van der Waals surface area contributed by atoms with Gasteiger partial charge < -0.3 is 24.2 Å². The van der Waals surface area contributed by atoms with E-state index in [9.17, 15) is 5.21 Å². The molecule has 0 amide bonds. The first-order chi connectivity index (χ1) is 13.5. The Balaban J connectivity index is 1.44. The van der Waals surface area contributed by atoms with E-state index in [2.05, 4.69) is 0 Å². The Morgan fingerprint density at radius 3 is 2.36 bits per heavy atom. The predicted octanol–water partition coefficient (Wildman–Crippen LogP) is 3.08. The molecule has 0 radical (unpaired) electrons. The maximum absolute atomic E-state index is 12.4. The summed E-state index contributed by atoms with van der Waals surface area (Å²) < 4.78 is 24.9. The van der Waals surface area contributed by atoms with E-state index in [1.165, 1.54) is 0 Å². The summed E-state index contributed by atoms with van der Waals surface area (Å²) in [5.41, 5.74) is 1.89. The molecule has 2 aromatic rings. The summed E-state index contributed by atoms with van der Waals surface area (Å²) in [6, 6.07) is 19.3. The summed E-state index contributed by atoms with van der Waals surface area (Å²) in [6.07, 6.45) is -0.186. The van der Waals surface area contributed by atoms with Crippen LogP contribution in [0.1, 0.15) is 25.0 Å². The van der Waals surface area contributed by atoms with E-state index in [-0.39, 0.29) is 18.8 Å². The summed E-state index contributed by atoms with van der Waals surface area (Å²) in [6.45, 7) is 4.27. The zero-order valence-electron chi connectivity index (χ0n) is 16.1. The number of fused-ring (bicyclic) bond motifs is 1. The van der Waals surface area contributed by atoms with E-state index in [1.54, 1.807) is 6.21 Å². The Kier molecular flexibility index (Phi) is 5.46. The molecule has 2 aliphatic rings. The summed E-state index contributed by atoms with van der Waals surface area (Å²) >= 11 is 0. The molecule has 6 heteroatoms. The first-order valence-corrected chi connectivity index (χ1v) is 9.50. The van der Waals surface area contributed by atoms with E-state index >= 15 is 0 Å². The summed E-state index contributed by atoms with van der Waals surface area (Å²) in [4.78, 5) is 0. The number of nitrogens with zero attached hydrogens (tertiary/aromatic N) is 1. The number of benzene rings is 2. The third-order valence-corrected chi connectivity index (χ3v) is 4.82. The van der Waals surface area contributed by atoms with E-state index in [0.717, 1.165) is 15.9 Å². The molecule has 2 aromatic carbocycles. The van der Waals surface area contributed by atoms with Crippen molar-refractivity contribution >= 4 is 6.21 Å². The Labute approximate surface area is 164 Å². The molecule has 2 saturated heterocycles. The molecular formula is C22H25NO5. The van der Waals surface area contributed by atoms with Crippen molar-refractivity contribution in [2.45, 2.75) is 50.8 Å². The van der Waals surface area contributed by atoms with E-state index in [0.29, 0.717) is 6.61 Å². The fraction of sp³-hybridized carbons (Fsp3) is 0.409. The van der Waals surface area contributed by atoms with Crippen molar-refractivity contribution in [3.8, 4) is 0 Å². The van der Waals surface area contributed by atoms with Crippen molar-refractivity contribution in [1.29, 1.82) is 0 Å². The van der Waals surface area contributed by atoms with Crippen LogP contribution in [0.25, 0.3) is 0 Å². The third-order valence-electron chi connectivity index (χ3n) is 4.82. The van der Waals surface area contributed by atoms with E-state index in [4.69, 9.17) is 18.9 Å². The van der Waals surface area contributed by atoms with Crippen molar-refractivity contribution in [3.05, 3.63) is 77.0 Å². The van der Waals surface area contributed by atoms with Gasteiger partial charge in [-0.05, 0) is 31.5 Å². The van der Waals surface area contributed by atoms with Crippen LogP contribution in [0.2, 0.25) is 0 Å². The molecule has 148 valence electrons. The van der Waals surface area contributed by atoms with Crippen LogP contribution in [0.15, 0.2) is 60.7 Å².